The summed E-state index contributed by atoms with van der Waals surface area (Å²) in [6, 6.07) is 8.98. The first-order valence-corrected chi connectivity index (χ1v) is 7.91. The number of rotatable bonds is 7. The summed E-state index contributed by atoms with van der Waals surface area (Å²) in [6.45, 7) is 1.63. The lowest BCUT2D eigenvalue weighted by Crippen LogP contribution is -2.25. The molecule has 0 saturated carbocycles. The van der Waals surface area contributed by atoms with E-state index in [0.29, 0.717) is 25.2 Å². The zero-order chi connectivity index (χ0) is 14.9. The summed E-state index contributed by atoms with van der Waals surface area (Å²) in [5, 5.41) is 0.0408. The lowest BCUT2D eigenvalue weighted by Gasteiger charge is -2.24. The van der Waals surface area contributed by atoms with E-state index in [4.69, 9.17) is 14.2 Å². The zero-order valence-corrected chi connectivity index (χ0v) is 13.0. The summed E-state index contributed by atoms with van der Waals surface area (Å²) in [7, 11) is 0. The Hall–Kier alpha value is -1.04. The van der Waals surface area contributed by atoms with Crippen molar-refractivity contribution in [1.29, 1.82) is 0 Å². The monoisotopic (exact) mass is 310 g/mol. The van der Waals surface area contributed by atoms with Crippen molar-refractivity contribution in [2.24, 2.45) is 0 Å². The molecule has 0 bridgehead atoms. The number of carbonyl (C=O) groups is 1. The molecule has 1 heterocycles. The highest BCUT2D eigenvalue weighted by molar-refractivity contribution is 7.81. The third-order valence-electron chi connectivity index (χ3n) is 3.31. The molecule has 0 amide bonds. The van der Waals surface area contributed by atoms with Crippen LogP contribution in [0.5, 0.6) is 0 Å². The average molecular weight is 310 g/mol. The van der Waals surface area contributed by atoms with Gasteiger partial charge in [0.1, 0.15) is 0 Å². The van der Waals surface area contributed by atoms with E-state index in [1.807, 2.05) is 18.2 Å². The molecule has 1 aromatic rings. The summed E-state index contributed by atoms with van der Waals surface area (Å²) in [6.07, 6.45) is 3.77. The average Bonchev–Trinajstić information content (AvgIpc) is 2.54. The van der Waals surface area contributed by atoms with Crippen LogP contribution in [0.3, 0.4) is 0 Å². The second-order valence-corrected chi connectivity index (χ2v) is 5.80. The first-order valence-electron chi connectivity index (χ1n) is 7.39. The lowest BCUT2D eigenvalue weighted by molar-refractivity contribution is -0.162. The summed E-state index contributed by atoms with van der Waals surface area (Å²) >= 11 is 4.45. The summed E-state index contributed by atoms with van der Waals surface area (Å²) in [5.74, 6) is -0.298. The van der Waals surface area contributed by atoms with E-state index in [0.717, 1.165) is 25.9 Å². The van der Waals surface area contributed by atoms with Gasteiger partial charge in [-0.2, -0.15) is 12.6 Å². The number of carbonyl (C=O) groups excluding carboxylic acids is 1. The second-order valence-electron chi connectivity index (χ2n) is 5.07. The van der Waals surface area contributed by atoms with Gasteiger partial charge in [-0.05, 0) is 37.8 Å². The largest absolute Gasteiger partial charge is 0.462 e. The fourth-order valence-electron chi connectivity index (χ4n) is 2.09. The Bertz CT molecular complexity index is 418. The van der Waals surface area contributed by atoms with Crippen molar-refractivity contribution < 1.29 is 19.0 Å². The Morgan fingerprint density at radius 3 is 2.86 bits per heavy atom. The van der Waals surface area contributed by atoms with Gasteiger partial charge in [-0.25, -0.2) is 4.79 Å². The molecule has 5 heteroatoms. The summed E-state index contributed by atoms with van der Waals surface area (Å²) < 4.78 is 16.4. The highest BCUT2D eigenvalue weighted by Gasteiger charge is 2.16. The van der Waals surface area contributed by atoms with Crippen molar-refractivity contribution in [2.45, 2.75) is 37.2 Å². The number of hydrogen-bond acceptors (Lipinski definition) is 5. The van der Waals surface area contributed by atoms with Crippen LogP contribution in [-0.2, 0) is 14.2 Å². The van der Waals surface area contributed by atoms with E-state index >= 15 is 0 Å². The van der Waals surface area contributed by atoms with Crippen molar-refractivity contribution in [3.05, 3.63) is 35.9 Å². The zero-order valence-electron chi connectivity index (χ0n) is 12.1. The lowest BCUT2D eigenvalue weighted by atomic mass is 10.2. The first kappa shape index (κ1) is 16.3. The SMILES string of the molecule is O=C(OCCC(S)COC1CCCCO1)c1ccccc1. The molecule has 0 radical (unpaired) electrons. The number of esters is 1. The standard InChI is InChI=1S/C16H22O4S/c17-16(13-6-2-1-3-7-13)19-11-9-14(21)12-20-15-8-4-5-10-18-15/h1-3,6-7,14-15,21H,4-5,8-12H2. The minimum atomic E-state index is -0.298. The van der Waals surface area contributed by atoms with E-state index in [9.17, 15) is 4.79 Å². The quantitative estimate of drug-likeness (QED) is 0.621. The summed E-state index contributed by atoms with van der Waals surface area (Å²) in [5.41, 5.74) is 0.570. The normalized spacial score (nSPS) is 20.0. The predicted molar refractivity (Wildman–Crippen MR) is 83.7 cm³/mol. The molecule has 0 aromatic heterocycles. The van der Waals surface area contributed by atoms with Gasteiger partial charge >= 0.3 is 5.97 Å². The van der Waals surface area contributed by atoms with Crippen molar-refractivity contribution >= 4 is 18.6 Å². The van der Waals surface area contributed by atoms with Crippen LogP contribution in [-0.4, -0.2) is 37.3 Å². The van der Waals surface area contributed by atoms with Gasteiger partial charge in [0.15, 0.2) is 6.29 Å². The smallest absolute Gasteiger partial charge is 0.338 e. The van der Waals surface area contributed by atoms with Gasteiger partial charge in [0.25, 0.3) is 0 Å². The molecule has 0 N–H and O–H groups in total. The molecule has 2 atom stereocenters. The van der Waals surface area contributed by atoms with Gasteiger partial charge in [0.2, 0.25) is 0 Å². The third-order valence-corrected chi connectivity index (χ3v) is 3.71. The first-order chi connectivity index (χ1) is 10.3. The molecule has 2 unspecified atom stereocenters. The Labute approximate surface area is 131 Å². The van der Waals surface area contributed by atoms with Crippen molar-refractivity contribution in [3.8, 4) is 0 Å². The topological polar surface area (TPSA) is 44.8 Å². The van der Waals surface area contributed by atoms with E-state index in [2.05, 4.69) is 12.6 Å². The van der Waals surface area contributed by atoms with Crippen LogP contribution in [0.1, 0.15) is 36.0 Å². The molecule has 116 valence electrons. The van der Waals surface area contributed by atoms with Crippen molar-refractivity contribution in [3.63, 3.8) is 0 Å². The maximum Gasteiger partial charge on any atom is 0.338 e. The van der Waals surface area contributed by atoms with Crippen molar-refractivity contribution in [1.82, 2.24) is 0 Å². The van der Waals surface area contributed by atoms with Gasteiger partial charge in [-0.3, -0.25) is 0 Å². The van der Waals surface area contributed by atoms with Gasteiger partial charge in [0, 0.05) is 11.9 Å². The Morgan fingerprint density at radius 1 is 1.33 bits per heavy atom. The van der Waals surface area contributed by atoms with Crippen LogP contribution in [0.15, 0.2) is 30.3 Å². The Morgan fingerprint density at radius 2 is 2.14 bits per heavy atom. The number of thiol groups is 1. The van der Waals surface area contributed by atoms with Crippen molar-refractivity contribution in [2.75, 3.05) is 19.8 Å². The van der Waals surface area contributed by atoms with Crippen LogP contribution < -0.4 is 0 Å². The van der Waals surface area contributed by atoms with E-state index in [1.165, 1.54) is 0 Å². The molecule has 21 heavy (non-hydrogen) atoms. The Kier molecular flexibility index (Phi) is 7.06. The molecule has 1 saturated heterocycles. The fraction of sp³-hybridized carbons (Fsp3) is 0.562. The number of hydrogen-bond donors (Lipinski definition) is 1. The Balaban J connectivity index is 1.58. The van der Waals surface area contributed by atoms with Gasteiger partial charge in [-0.1, -0.05) is 18.2 Å². The number of ether oxygens (including phenoxy) is 3. The molecular weight excluding hydrogens is 288 g/mol. The maximum absolute atomic E-state index is 11.7. The van der Waals surface area contributed by atoms with E-state index < -0.39 is 0 Å². The highest BCUT2D eigenvalue weighted by atomic mass is 32.1. The van der Waals surface area contributed by atoms with Crippen LogP contribution >= 0.6 is 12.6 Å². The molecule has 2 rings (SSSR count). The van der Waals surface area contributed by atoms with Gasteiger partial charge < -0.3 is 14.2 Å². The van der Waals surface area contributed by atoms with E-state index in [-0.39, 0.29) is 17.5 Å². The van der Waals surface area contributed by atoms with Crippen LogP contribution in [0, 0.1) is 0 Å². The molecule has 1 aliphatic rings. The van der Waals surface area contributed by atoms with Crippen LogP contribution in [0.25, 0.3) is 0 Å². The number of benzene rings is 1. The van der Waals surface area contributed by atoms with E-state index in [1.54, 1.807) is 12.1 Å². The predicted octanol–water partition coefficient (Wildman–Crippen LogP) is 3.08. The maximum atomic E-state index is 11.7. The fourth-order valence-corrected chi connectivity index (χ4v) is 2.28. The van der Waals surface area contributed by atoms with Gasteiger partial charge in [-0.15, -0.1) is 0 Å². The molecule has 0 spiro atoms. The molecule has 1 aliphatic heterocycles. The second kappa shape index (κ2) is 9.07. The van der Waals surface area contributed by atoms with Crippen LogP contribution in [0.4, 0.5) is 0 Å². The highest BCUT2D eigenvalue weighted by Crippen LogP contribution is 2.15. The molecule has 4 nitrogen and oxygen atoms in total. The molecular formula is C16H22O4S. The summed E-state index contributed by atoms with van der Waals surface area (Å²) in [4.78, 5) is 11.7. The minimum Gasteiger partial charge on any atom is -0.462 e. The third kappa shape index (κ3) is 6.08. The van der Waals surface area contributed by atoms with Crippen LogP contribution in [0.2, 0.25) is 0 Å². The molecule has 1 aromatic carbocycles. The van der Waals surface area contributed by atoms with Gasteiger partial charge in [0.05, 0.1) is 18.8 Å². The molecule has 0 aliphatic carbocycles. The molecule has 1 fully saturated rings. The minimum absolute atomic E-state index is 0.0408.